The second-order valence-corrected chi connectivity index (χ2v) is 10.7. The van der Waals surface area contributed by atoms with Gasteiger partial charge in [0.25, 0.3) is 5.91 Å². The van der Waals surface area contributed by atoms with E-state index in [1.807, 2.05) is 0 Å². The number of hydrogen-bond acceptors (Lipinski definition) is 8. The van der Waals surface area contributed by atoms with Crippen molar-refractivity contribution in [2.24, 2.45) is 5.73 Å². The summed E-state index contributed by atoms with van der Waals surface area (Å²) in [6, 6.07) is 3.97. The number of methoxy groups -OCH3 is 1. The molecule has 0 unspecified atom stereocenters. The number of ether oxygens (including phenoxy) is 1. The molecular weight excluding hydrogens is 515 g/mol. The first kappa shape index (κ1) is 26.8. The molecule has 1 aromatic carbocycles. The van der Waals surface area contributed by atoms with Crippen LogP contribution in [0.5, 0.6) is 5.75 Å². The van der Waals surface area contributed by atoms with Gasteiger partial charge in [0, 0.05) is 30.1 Å². The maximum absolute atomic E-state index is 13.5. The summed E-state index contributed by atoms with van der Waals surface area (Å²) in [6.45, 7) is 2.06. The van der Waals surface area contributed by atoms with E-state index in [2.05, 4.69) is 14.7 Å². The number of pyridine rings is 1. The number of benzene rings is 1. The number of likely N-dealkylation sites (tertiary alicyclic amines) is 1. The van der Waals surface area contributed by atoms with Gasteiger partial charge in [-0.3, -0.25) is 4.79 Å². The largest absolute Gasteiger partial charge is 0.494 e. The number of nitrogens with two attached hydrogens (primary N) is 1. The lowest BCUT2D eigenvalue weighted by Gasteiger charge is -2.24. The molecule has 0 aliphatic carbocycles. The van der Waals surface area contributed by atoms with Crippen LogP contribution in [0, 0.1) is 0 Å². The van der Waals surface area contributed by atoms with Crippen LogP contribution in [-0.4, -0.2) is 61.7 Å². The molecule has 0 radical (unpaired) electrons. The average Bonchev–Trinajstić information content (AvgIpc) is 3.48. The Morgan fingerprint density at radius 1 is 1.30 bits per heavy atom. The minimum Gasteiger partial charge on any atom is -0.494 e. The first-order valence-electron chi connectivity index (χ1n) is 11.4. The number of nitrogens with zero attached hydrogens (tertiary/aromatic N) is 3. The molecule has 4 rings (SSSR count). The maximum Gasteiger partial charge on any atom is 0.433 e. The summed E-state index contributed by atoms with van der Waals surface area (Å²) in [6.07, 6.45) is -2.34. The van der Waals surface area contributed by atoms with Gasteiger partial charge in [-0.2, -0.15) is 13.2 Å². The van der Waals surface area contributed by atoms with Crippen LogP contribution in [0.2, 0.25) is 0 Å². The van der Waals surface area contributed by atoms with Gasteiger partial charge in [-0.05, 0) is 44.0 Å². The van der Waals surface area contributed by atoms with E-state index in [1.165, 1.54) is 24.1 Å². The van der Waals surface area contributed by atoms with E-state index >= 15 is 0 Å². The zero-order valence-corrected chi connectivity index (χ0v) is 21.1. The van der Waals surface area contributed by atoms with E-state index in [4.69, 9.17) is 14.9 Å². The molecule has 3 heterocycles. The van der Waals surface area contributed by atoms with Gasteiger partial charge in [0.15, 0.2) is 11.5 Å². The van der Waals surface area contributed by atoms with Crippen LogP contribution >= 0.6 is 0 Å². The SMILES string of the molecule is COc1ccc(-c2nc(C(=O)N3CCC[C@@H]3CNS(C)(=O)=O)c([C@H](C)N)o2)c2ccc(C(F)(F)F)nc12. The topological polar surface area (TPSA) is 141 Å². The Balaban J connectivity index is 1.77. The lowest BCUT2D eigenvalue weighted by Crippen LogP contribution is -2.43. The Morgan fingerprint density at radius 2 is 2.03 bits per heavy atom. The number of fused-ring (bicyclic) bond motifs is 1. The molecule has 10 nitrogen and oxygen atoms in total. The Kier molecular flexibility index (Phi) is 7.18. The zero-order chi connectivity index (χ0) is 27.1. The predicted octanol–water partition coefficient (Wildman–Crippen LogP) is 3.09. The normalized spacial score (nSPS) is 17.4. The van der Waals surface area contributed by atoms with Crippen molar-refractivity contribution >= 4 is 26.8 Å². The summed E-state index contributed by atoms with van der Waals surface area (Å²) in [5.74, 6) is -0.269. The molecule has 0 spiro atoms. The molecule has 37 heavy (non-hydrogen) atoms. The molecule has 2 aromatic heterocycles. The minimum absolute atomic E-state index is 0.0186. The van der Waals surface area contributed by atoms with Crippen LogP contribution < -0.4 is 15.2 Å². The van der Waals surface area contributed by atoms with Crippen molar-refractivity contribution in [1.29, 1.82) is 0 Å². The van der Waals surface area contributed by atoms with Crippen LogP contribution in [0.4, 0.5) is 13.2 Å². The second kappa shape index (κ2) is 9.91. The third-order valence-corrected chi connectivity index (χ3v) is 6.74. The highest BCUT2D eigenvalue weighted by Crippen LogP contribution is 2.37. The Labute approximate surface area is 211 Å². The lowest BCUT2D eigenvalue weighted by atomic mass is 10.1. The molecule has 3 aromatic rings. The maximum atomic E-state index is 13.5. The third-order valence-electron chi connectivity index (χ3n) is 6.05. The second-order valence-electron chi connectivity index (χ2n) is 8.84. The number of hydrogen-bond donors (Lipinski definition) is 2. The highest BCUT2D eigenvalue weighted by molar-refractivity contribution is 7.88. The molecule has 3 N–H and O–H groups in total. The number of carbonyl (C=O) groups excluding carboxylic acids is 1. The van der Waals surface area contributed by atoms with E-state index in [0.29, 0.717) is 24.9 Å². The zero-order valence-electron chi connectivity index (χ0n) is 20.3. The van der Waals surface area contributed by atoms with Crippen LogP contribution in [0.15, 0.2) is 28.7 Å². The van der Waals surface area contributed by atoms with E-state index in [9.17, 15) is 26.4 Å². The first-order valence-corrected chi connectivity index (χ1v) is 13.3. The number of carbonyl (C=O) groups is 1. The van der Waals surface area contributed by atoms with Gasteiger partial charge in [0.05, 0.1) is 19.4 Å². The number of nitrogens with one attached hydrogen (secondary N) is 1. The molecule has 0 saturated carbocycles. The van der Waals surface area contributed by atoms with Crippen molar-refractivity contribution < 1.29 is 35.5 Å². The summed E-state index contributed by atoms with van der Waals surface area (Å²) >= 11 is 0. The fourth-order valence-corrected chi connectivity index (χ4v) is 4.80. The molecule has 2 atom stereocenters. The first-order chi connectivity index (χ1) is 17.3. The van der Waals surface area contributed by atoms with E-state index in [1.54, 1.807) is 13.0 Å². The van der Waals surface area contributed by atoms with Crippen molar-refractivity contribution in [3.05, 3.63) is 41.4 Å². The van der Waals surface area contributed by atoms with Crippen LogP contribution in [0.25, 0.3) is 22.4 Å². The monoisotopic (exact) mass is 541 g/mol. The molecule has 200 valence electrons. The number of rotatable bonds is 7. The molecule has 14 heteroatoms. The Bertz CT molecular complexity index is 1440. The van der Waals surface area contributed by atoms with E-state index in [0.717, 1.165) is 12.3 Å². The number of sulfonamides is 1. The molecule has 1 saturated heterocycles. The van der Waals surface area contributed by atoms with E-state index < -0.39 is 33.8 Å². The summed E-state index contributed by atoms with van der Waals surface area (Å²) in [4.78, 5) is 23.1. The summed E-state index contributed by atoms with van der Waals surface area (Å²) in [7, 11) is -2.13. The number of oxazole rings is 1. The van der Waals surface area contributed by atoms with Gasteiger partial charge in [-0.1, -0.05) is 0 Å². The molecule has 1 aliphatic heterocycles. The van der Waals surface area contributed by atoms with Gasteiger partial charge in [-0.25, -0.2) is 23.1 Å². The van der Waals surface area contributed by atoms with Crippen molar-refractivity contribution in [3.8, 4) is 17.2 Å². The summed E-state index contributed by atoms with van der Waals surface area (Å²) in [5, 5.41) is 0.278. The Morgan fingerprint density at radius 3 is 2.65 bits per heavy atom. The van der Waals surface area contributed by atoms with Crippen molar-refractivity contribution in [3.63, 3.8) is 0 Å². The standard InChI is InChI=1S/C23H26F3N5O5S/c1-12(27)20-19(22(32)31-10-4-5-13(31)11-28-37(3,33)34)30-21(36-20)15-6-8-16(35-2)18-14(15)7-9-17(29-18)23(24,25)26/h6-9,12-13,28H,4-5,10-11,27H2,1-3H3/t12-,13+/m0/s1. The molecule has 1 aliphatic rings. The minimum atomic E-state index is -4.65. The predicted molar refractivity (Wildman–Crippen MR) is 128 cm³/mol. The smallest absolute Gasteiger partial charge is 0.433 e. The van der Waals surface area contributed by atoms with Gasteiger partial charge in [0.2, 0.25) is 15.9 Å². The van der Waals surface area contributed by atoms with Crippen LogP contribution in [0.1, 0.15) is 47.7 Å². The van der Waals surface area contributed by atoms with Gasteiger partial charge in [-0.15, -0.1) is 0 Å². The quantitative estimate of drug-likeness (QED) is 0.465. The number of amides is 1. The van der Waals surface area contributed by atoms with Gasteiger partial charge >= 0.3 is 6.18 Å². The number of alkyl halides is 3. The van der Waals surface area contributed by atoms with Crippen LogP contribution in [0.3, 0.4) is 0 Å². The molecule has 1 fully saturated rings. The van der Waals surface area contributed by atoms with Crippen LogP contribution in [-0.2, 0) is 16.2 Å². The molecular formula is C23H26F3N5O5S. The summed E-state index contributed by atoms with van der Waals surface area (Å²) in [5.41, 5.74) is 5.19. The Hall–Kier alpha value is -3.23. The highest BCUT2D eigenvalue weighted by Gasteiger charge is 2.35. The third kappa shape index (κ3) is 5.55. The average molecular weight is 542 g/mol. The number of halogens is 3. The molecule has 1 amide bonds. The number of aromatic nitrogens is 2. The van der Waals surface area contributed by atoms with Gasteiger partial charge < -0.3 is 19.8 Å². The summed E-state index contributed by atoms with van der Waals surface area (Å²) < 4.78 is 76.4. The fourth-order valence-electron chi connectivity index (χ4n) is 4.31. The van der Waals surface area contributed by atoms with Gasteiger partial charge in [0.1, 0.15) is 17.0 Å². The van der Waals surface area contributed by atoms with Crippen molar-refractivity contribution in [1.82, 2.24) is 19.6 Å². The van der Waals surface area contributed by atoms with E-state index in [-0.39, 0.29) is 46.6 Å². The highest BCUT2D eigenvalue weighted by atomic mass is 32.2. The van der Waals surface area contributed by atoms with Crippen molar-refractivity contribution in [2.45, 2.75) is 38.0 Å². The lowest BCUT2D eigenvalue weighted by molar-refractivity contribution is -0.140. The molecule has 0 bridgehead atoms. The fraction of sp³-hybridized carbons (Fsp3) is 0.435. The van der Waals surface area contributed by atoms with Crippen molar-refractivity contribution in [2.75, 3.05) is 26.5 Å².